The zero-order valence-electron chi connectivity index (χ0n) is 9.85. The third-order valence-electron chi connectivity index (χ3n) is 3.20. The molecule has 0 aromatic carbocycles. The van der Waals surface area contributed by atoms with Gasteiger partial charge in [0.25, 0.3) is 0 Å². The maximum Gasteiger partial charge on any atom is 0.0596 e. The predicted molar refractivity (Wildman–Crippen MR) is 58.5 cm³/mol. The highest BCUT2D eigenvalue weighted by Gasteiger charge is 2.30. The van der Waals surface area contributed by atoms with Crippen molar-refractivity contribution < 1.29 is 5.11 Å². The Morgan fingerprint density at radius 3 is 2.15 bits per heavy atom. The van der Waals surface area contributed by atoms with Crippen LogP contribution in [0.1, 0.15) is 60.3 Å². The van der Waals surface area contributed by atoms with E-state index in [4.69, 9.17) is 0 Å². The van der Waals surface area contributed by atoms with E-state index in [2.05, 4.69) is 34.6 Å². The molecule has 0 rings (SSSR count). The zero-order chi connectivity index (χ0) is 10.5. The van der Waals surface area contributed by atoms with Crippen molar-refractivity contribution in [2.75, 3.05) is 0 Å². The maximum atomic E-state index is 9.95. The molecule has 13 heavy (non-hydrogen) atoms. The van der Waals surface area contributed by atoms with Crippen LogP contribution in [0.2, 0.25) is 0 Å². The molecule has 0 aromatic rings. The molecule has 0 heterocycles. The van der Waals surface area contributed by atoms with E-state index in [1.165, 1.54) is 18.8 Å². The average Bonchev–Trinajstić information content (AvgIpc) is 2.04. The molecule has 0 aliphatic carbocycles. The monoisotopic (exact) mass is 185 g/mol. The van der Waals surface area contributed by atoms with Crippen molar-refractivity contribution in [1.82, 2.24) is 0 Å². The average molecular weight is 185 g/mol. The Labute approximate surface area is 83.5 Å². The molecule has 1 heteroatoms. The van der Waals surface area contributed by atoms with Gasteiger partial charge in [-0.05, 0) is 17.8 Å². The summed E-state index contributed by atoms with van der Waals surface area (Å²) in [7, 11) is 0. The summed E-state index contributed by atoms with van der Waals surface area (Å²) < 4.78 is 0. The van der Waals surface area contributed by atoms with Gasteiger partial charge in [0.05, 0.1) is 6.10 Å². The lowest BCUT2D eigenvalue weighted by Gasteiger charge is -2.34. The van der Waals surface area contributed by atoms with Crippen LogP contribution in [0.5, 0.6) is 0 Å². The van der Waals surface area contributed by atoms with Gasteiger partial charge in [-0.1, -0.05) is 53.9 Å². The standard InChI is InChI=1S/C12H25O/c1-6-7-8-9-11(13)12(4,5)10(2)3/h11,13H,6-9H2,1-5H3. The van der Waals surface area contributed by atoms with Gasteiger partial charge in [0.15, 0.2) is 0 Å². The number of hydrogen-bond acceptors (Lipinski definition) is 1. The van der Waals surface area contributed by atoms with Crippen molar-refractivity contribution in [3.63, 3.8) is 0 Å². The molecular weight excluding hydrogens is 160 g/mol. The number of aliphatic hydroxyl groups is 1. The van der Waals surface area contributed by atoms with Crippen LogP contribution in [0.4, 0.5) is 0 Å². The highest BCUT2D eigenvalue weighted by molar-refractivity contribution is 4.99. The second kappa shape index (κ2) is 5.64. The fourth-order valence-corrected chi connectivity index (χ4v) is 1.28. The van der Waals surface area contributed by atoms with Gasteiger partial charge >= 0.3 is 0 Å². The number of hydrogen-bond donors (Lipinski definition) is 1. The zero-order valence-corrected chi connectivity index (χ0v) is 9.85. The van der Waals surface area contributed by atoms with Crippen molar-refractivity contribution in [2.24, 2.45) is 5.41 Å². The molecule has 1 unspecified atom stereocenters. The van der Waals surface area contributed by atoms with E-state index in [0.29, 0.717) is 0 Å². The van der Waals surface area contributed by atoms with Gasteiger partial charge in [-0.25, -0.2) is 0 Å². The van der Waals surface area contributed by atoms with Gasteiger partial charge in [-0.15, -0.1) is 0 Å². The summed E-state index contributed by atoms with van der Waals surface area (Å²) >= 11 is 0. The minimum Gasteiger partial charge on any atom is -0.393 e. The van der Waals surface area contributed by atoms with Crippen LogP contribution in [-0.2, 0) is 0 Å². The van der Waals surface area contributed by atoms with Gasteiger partial charge in [0.2, 0.25) is 0 Å². The minimum absolute atomic E-state index is 0.0201. The predicted octanol–water partition coefficient (Wildman–Crippen LogP) is 3.57. The molecule has 79 valence electrons. The lowest BCUT2D eigenvalue weighted by Crippen LogP contribution is -2.33. The Balaban J connectivity index is 3.87. The van der Waals surface area contributed by atoms with Crippen LogP contribution in [0.15, 0.2) is 0 Å². The van der Waals surface area contributed by atoms with E-state index in [1.54, 1.807) is 0 Å². The molecule has 0 aromatic heterocycles. The SMILES string of the molecule is CCCCCC(O)C(C)(C)[C](C)C. The second-order valence-electron chi connectivity index (χ2n) is 4.73. The second-order valence-corrected chi connectivity index (χ2v) is 4.73. The third kappa shape index (κ3) is 4.12. The van der Waals surface area contributed by atoms with E-state index in [-0.39, 0.29) is 11.5 Å². The molecule has 1 atom stereocenters. The van der Waals surface area contributed by atoms with Crippen LogP contribution >= 0.6 is 0 Å². The summed E-state index contributed by atoms with van der Waals surface area (Å²) in [5.74, 6) is 1.32. The quantitative estimate of drug-likeness (QED) is 0.627. The van der Waals surface area contributed by atoms with Crippen LogP contribution in [-0.4, -0.2) is 11.2 Å². The van der Waals surface area contributed by atoms with Crippen molar-refractivity contribution in [2.45, 2.75) is 66.4 Å². The Morgan fingerprint density at radius 2 is 1.77 bits per heavy atom. The van der Waals surface area contributed by atoms with Crippen molar-refractivity contribution >= 4 is 0 Å². The van der Waals surface area contributed by atoms with E-state index in [0.717, 1.165) is 12.8 Å². The largest absolute Gasteiger partial charge is 0.393 e. The normalized spacial score (nSPS) is 15.0. The van der Waals surface area contributed by atoms with Crippen LogP contribution < -0.4 is 0 Å². The summed E-state index contributed by atoms with van der Waals surface area (Å²) in [6.07, 6.45) is 4.36. The van der Waals surface area contributed by atoms with Crippen molar-refractivity contribution in [1.29, 1.82) is 0 Å². The van der Waals surface area contributed by atoms with Crippen molar-refractivity contribution in [3.8, 4) is 0 Å². The van der Waals surface area contributed by atoms with E-state index in [9.17, 15) is 5.11 Å². The molecule has 0 spiro atoms. The number of rotatable bonds is 6. The highest BCUT2D eigenvalue weighted by atomic mass is 16.3. The molecule has 0 amide bonds. The fraction of sp³-hybridized carbons (Fsp3) is 0.917. The Bertz CT molecular complexity index is 127. The molecule has 0 aliphatic rings. The number of aliphatic hydroxyl groups excluding tert-OH is 1. The fourth-order valence-electron chi connectivity index (χ4n) is 1.28. The summed E-state index contributed by atoms with van der Waals surface area (Å²) in [5, 5.41) is 9.95. The molecule has 1 radical (unpaired) electrons. The summed E-state index contributed by atoms with van der Waals surface area (Å²) in [5.41, 5.74) is -0.0201. The topological polar surface area (TPSA) is 20.2 Å². The molecule has 0 fully saturated rings. The van der Waals surface area contributed by atoms with Gasteiger partial charge in [-0.3, -0.25) is 0 Å². The van der Waals surface area contributed by atoms with E-state index >= 15 is 0 Å². The Hall–Kier alpha value is -0.0400. The third-order valence-corrected chi connectivity index (χ3v) is 3.20. The Morgan fingerprint density at radius 1 is 1.23 bits per heavy atom. The van der Waals surface area contributed by atoms with Gasteiger partial charge in [0, 0.05) is 0 Å². The first-order chi connectivity index (χ1) is 5.92. The summed E-state index contributed by atoms with van der Waals surface area (Å²) in [6, 6.07) is 0. The maximum absolute atomic E-state index is 9.95. The van der Waals surface area contributed by atoms with E-state index in [1.807, 2.05) is 0 Å². The van der Waals surface area contributed by atoms with Crippen LogP contribution in [0.3, 0.4) is 0 Å². The lowest BCUT2D eigenvalue weighted by molar-refractivity contribution is 0.0512. The van der Waals surface area contributed by atoms with Gasteiger partial charge < -0.3 is 5.11 Å². The van der Waals surface area contributed by atoms with Crippen LogP contribution in [0.25, 0.3) is 0 Å². The number of unbranched alkanes of at least 4 members (excludes halogenated alkanes) is 2. The molecular formula is C12H25O. The first-order valence-electron chi connectivity index (χ1n) is 5.41. The Kier molecular flexibility index (Phi) is 5.62. The summed E-state index contributed by atoms with van der Waals surface area (Å²) in [4.78, 5) is 0. The molecule has 0 aliphatic heterocycles. The molecule has 0 saturated heterocycles. The molecule has 0 saturated carbocycles. The van der Waals surface area contributed by atoms with Crippen molar-refractivity contribution in [3.05, 3.63) is 5.92 Å². The van der Waals surface area contributed by atoms with Gasteiger partial charge in [-0.2, -0.15) is 0 Å². The van der Waals surface area contributed by atoms with Gasteiger partial charge in [0.1, 0.15) is 0 Å². The van der Waals surface area contributed by atoms with Crippen LogP contribution in [0, 0.1) is 11.3 Å². The minimum atomic E-state index is -0.177. The van der Waals surface area contributed by atoms with E-state index < -0.39 is 0 Å². The lowest BCUT2D eigenvalue weighted by atomic mass is 9.75. The molecule has 1 N–H and O–H groups in total. The summed E-state index contributed by atoms with van der Waals surface area (Å²) in [6.45, 7) is 10.6. The molecule has 0 bridgehead atoms. The smallest absolute Gasteiger partial charge is 0.0596 e. The highest BCUT2D eigenvalue weighted by Crippen LogP contribution is 2.34. The first kappa shape index (κ1) is 13.0. The molecule has 1 nitrogen and oxygen atoms in total. The first-order valence-corrected chi connectivity index (χ1v) is 5.41.